The summed E-state index contributed by atoms with van der Waals surface area (Å²) in [5.74, 6) is 0.246. The van der Waals surface area contributed by atoms with Gasteiger partial charge in [-0.3, -0.25) is 4.79 Å². The Labute approximate surface area is 119 Å². The predicted octanol–water partition coefficient (Wildman–Crippen LogP) is 0.932. The van der Waals surface area contributed by atoms with E-state index in [-0.39, 0.29) is 17.9 Å². The van der Waals surface area contributed by atoms with Crippen LogP contribution in [0.2, 0.25) is 0 Å². The molecule has 0 aliphatic carbocycles. The van der Waals surface area contributed by atoms with Gasteiger partial charge in [0, 0.05) is 38.5 Å². The molecule has 1 saturated heterocycles. The molecular formula is C16H22N2O2. The Morgan fingerprint density at radius 2 is 2.10 bits per heavy atom. The highest BCUT2D eigenvalue weighted by Crippen LogP contribution is 2.21. The minimum atomic E-state index is -0.377. The van der Waals surface area contributed by atoms with Crippen LogP contribution >= 0.6 is 0 Å². The number of aliphatic hydroxyl groups is 1. The van der Waals surface area contributed by atoms with Crippen LogP contribution in [0.15, 0.2) is 24.3 Å². The van der Waals surface area contributed by atoms with Crippen molar-refractivity contribution in [1.29, 1.82) is 0 Å². The molecule has 0 aromatic heterocycles. The van der Waals surface area contributed by atoms with Crippen molar-refractivity contribution in [2.75, 3.05) is 19.6 Å². The first-order valence-corrected chi connectivity index (χ1v) is 7.47. The molecule has 0 radical (unpaired) electrons. The van der Waals surface area contributed by atoms with Gasteiger partial charge in [-0.1, -0.05) is 24.3 Å². The molecule has 1 aromatic rings. The van der Waals surface area contributed by atoms with Crippen molar-refractivity contribution >= 4 is 5.91 Å². The van der Waals surface area contributed by atoms with Crippen LogP contribution in [0, 0.1) is 5.92 Å². The number of amides is 1. The first-order chi connectivity index (χ1) is 9.74. The van der Waals surface area contributed by atoms with Gasteiger partial charge in [-0.2, -0.15) is 0 Å². The first-order valence-electron chi connectivity index (χ1n) is 7.47. The number of carbonyl (C=O) groups excluding carboxylic acids is 1. The van der Waals surface area contributed by atoms with Crippen molar-refractivity contribution in [3.05, 3.63) is 35.4 Å². The van der Waals surface area contributed by atoms with Crippen LogP contribution in [-0.4, -0.2) is 41.7 Å². The molecule has 20 heavy (non-hydrogen) atoms. The van der Waals surface area contributed by atoms with E-state index in [4.69, 9.17) is 0 Å². The van der Waals surface area contributed by atoms with E-state index in [1.807, 2.05) is 11.0 Å². The summed E-state index contributed by atoms with van der Waals surface area (Å²) >= 11 is 0. The summed E-state index contributed by atoms with van der Waals surface area (Å²) in [6, 6.07) is 8.38. The van der Waals surface area contributed by atoms with Gasteiger partial charge in [-0.05, 0) is 24.0 Å². The minimum absolute atomic E-state index is 0.0704. The number of rotatable bonds is 2. The van der Waals surface area contributed by atoms with Crippen LogP contribution < -0.4 is 5.32 Å². The molecule has 0 saturated carbocycles. The Hall–Kier alpha value is -1.39. The maximum Gasteiger partial charge on any atom is 0.223 e. The highest BCUT2D eigenvalue weighted by atomic mass is 16.3. The number of carbonyl (C=O) groups is 1. The Kier molecular flexibility index (Phi) is 4.03. The van der Waals surface area contributed by atoms with Gasteiger partial charge in [-0.15, -0.1) is 0 Å². The fourth-order valence-corrected chi connectivity index (χ4v) is 3.19. The average molecular weight is 274 g/mol. The normalized spacial score (nSPS) is 26.1. The highest BCUT2D eigenvalue weighted by Gasteiger charge is 2.29. The van der Waals surface area contributed by atoms with Crippen molar-refractivity contribution in [2.24, 2.45) is 5.92 Å². The molecule has 1 aromatic carbocycles. The minimum Gasteiger partial charge on any atom is -0.391 e. The van der Waals surface area contributed by atoms with Crippen LogP contribution in [0.3, 0.4) is 0 Å². The van der Waals surface area contributed by atoms with Gasteiger partial charge < -0.3 is 15.3 Å². The third-order valence-corrected chi connectivity index (χ3v) is 4.45. The number of fused-ring (bicyclic) bond motifs is 1. The standard InChI is InChI=1S/C16H22N2O2/c19-15-10-17-9-14(15)8-16(20)18-7-3-6-12-4-1-2-5-13(12)11-18/h1-2,4-5,14-15,17,19H,3,6-11H2/t14-,15-/m1/s1. The first kappa shape index (κ1) is 13.6. The molecule has 4 nitrogen and oxygen atoms in total. The zero-order valence-electron chi connectivity index (χ0n) is 11.7. The lowest BCUT2D eigenvalue weighted by molar-refractivity contribution is -0.133. The quantitative estimate of drug-likeness (QED) is 0.843. The largest absolute Gasteiger partial charge is 0.391 e. The third kappa shape index (κ3) is 2.86. The van der Waals surface area contributed by atoms with Gasteiger partial charge in [0.25, 0.3) is 0 Å². The molecule has 2 heterocycles. The Balaban J connectivity index is 1.66. The molecule has 1 fully saturated rings. The van der Waals surface area contributed by atoms with Crippen molar-refractivity contribution in [2.45, 2.75) is 31.9 Å². The van der Waals surface area contributed by atoms with E-state index >= 15 is 0 Å². The molecule has 3 rings (SSSR count). The highest BCUT2D eigenvalue weighted by molar-refractivity contribution is 5.76. The summed E-state index contributed by atoms with van der Waals surface area (Å²) in [4.78, 5) is 14.4. The number of β-amino-alcohol motifs (C(OH)–C–C–N with tert-alkyl or cyclic N) is 1. The molecule has 2 aliphatic heterocycles. The van der Waals surface area contributed by atoms with E-state index < -0.39 is 0 Å². The molecule has 0 bridgehead atoms. The lowest BCUT2D eigenvalue weighted by atomic mass is 10.0. The fraction of sp³-hybridized carbons (Fsp3) is 0.562. The van der Waals surface area contributed by atoms with Crippen molar-refractivity contribution in [1.82, 2.24) is 10.2 Å². The van der Waals surface area contributed by atoms with Crippen LogP contribution in [0.1, 0.15) is 24.0 Å². The van der Waals surface area contributed by atoms with Gasteiger partial charge in [0.05, 0.1) is 6.10 Å². The van der Waals surface area contributed by atoms with Crippen molar-refractivity contribution in [3.8, 4) is 0 Å². The van der Waals surface area contributed by atoms with Crippen LogP contribution in [-0.2, 0) is 17.8 Å². The van der Waals surface area contributed by atoms with Crippen molar-refractivity contribution in [3.63, 3.8) is 0 Å². The van der Waals surface area contributed by atoms with E-state index in [9.17, 15) is 9.90 Å². The fourth-order valence-electron chi connectivity index (χ4n) is 3.19. The summed E-state index contributed by atoms with van der Waals surface area (Å²) in [5, 5.41) is 13.0. The molecular weight excluding hydrogens is 252 g/mol. The second kappa shape index (κ2) is 5.94. The monoisotopic (exact) mass is 274 g/mol. The number of nitrogens with one attached hydrogen (secondary N) is 1. The van der Waals surface area contributed by atoms with Crippen LogP contribution in [0.25, 0.3) is 0 Å². The van der Waals surface area contributed by atoms with Gasteiger partial charge in [-0.25, -0.2) is 0 Å². The van der Waals surface area contributed by atoms with Crippen molar-refractivity contribution < 1.29 is 9.90 Å². The number of hydrogen-bond donors (Lipinski definition) is 2. The number of aryl methyl sites for hydroxylation is 1. The molecule has 1 amide bonds. The van der Waals surface area contributed by atoms with Crippen LogP contribution in [0.5, 0.6) is 0 Å². The number of benzene rings is 1. The summed E-state index contributed by atoms with van der Waals surface area (Å²) in [6.45, 7) is 2.90. The molecule has 4 heteroatoms. The topological polar surface area (TPSA) is 52.6 Å². The molecule has 2 N–H and O–H groups in total. The second-order valence-electron chi connectivity index (χ2n) is 5.88. The molecule has 2 aliphatic rings. The molecule has 108 valence electrons. The average Bonchev–Trinajstić information content (AvgIpc) is 2.74. The van der Waals surface area contributed by atoms with E-state index in [0.29, 0.717) is 19.5 Å². The summed E-state index contributed by atoms with van der Waals surface area (Å²) in [5.41, 5.74) is 2.63. The van der Waals surface area contributed by atoms with E-state index in [1.54, 1.807) is 0 Å². The molecule has 2 atom stereocenters. The zero-order valence-corrected chi connectivity index (χ0v) is 11.7. The lowest BCUT2D eigenvalue weighted by Gasteiger charge is -2.23. The smallest absolute Gasteiger partial charge is 0.223 e. The zero-order chi connectivity index (χ0) is 13.9. The number of nitrogens with zero attached hydrogens (tertiary/aromatic N) is 1. The number of aliphatic hydroxyl groups excluding tert-OH is 1. The third-order valence-electron chi connectivity index (χ3n) is 4.45. The van der Waals surface area contributed by atoms with E-state index in [0.717, 1.165) is 25.9 Å². The van der Waals surface area contributed by atoms with Gasteiger partial charge in [0.15, 0.2) is 0 Å². The maximum atomic E-state index is 12.4. The molecule has 0 spiro atoms. The van der Waals surface area contributed by atoms with Gasteiger partial charge >= 0.3 is 0 Å². The lowest BCUT2D eigenvalue weighted by Crippen LogP contribution is -2.34. The maximum absolute atomic E-state index is 12.4. The van der Waals surface area contributed by atoms with Gasteiger partial charge in [0.2, 0.25) is 5.91 Å². The summed E-state index contributed by atoms with van der Waals surface area (Å²) in [7, 11) is 0. The second-order valence-corrected chi connectivity index (χ2v) is 5.88. The summed E-state index contributed by atoms with van der Waals surface area (Å²) < 4.78 is 0. The Bertz CT molecular complexity index is 489. The van der Waals surface area contributed by atoms with Crippen LogP contribution in [0.4, 0.5) is 0 Å². The van der Waals surface area contributed by atoms with Gasteiger partial charge in [0.1, 0.15) is 0 Å². The Morgan fingerprint density at radius 3 is 2.85 bits per heavy atom. The van der Waals surface area contributed by atoms with E-state index in [2.05, 4.69) is 23.5 Å². The Morgan fingerprint density at radius 1 is 1.30 bits per heavy atom. The van der Waals surface area contributed by atoms with E-state index in [1.165, 1.54) is 11.1 Å². The SMILES string of the molecule is O=C(C[C@@H]1CNC[C@H]1O)N1CCCc2ccccc2C1. The molecule has 0 unspecified atom stereocenters. The summed E-state index contributed by atoms with van der Waals surface area (Å²) in [6.07, 6.45) is 2.15. The predicted molar refractivity (Wildman–Crippen MR) is 77.2 cm³/mol. The number of hydrogen-bond acceptors (Lipinski definition) is 3.